The third kappa shape index (κ3) is 2.02. The summed E-state index contributed by atoms with van der Waals surface area (Å²) in [6.45, 7) is 6.04. The van der Waals surface area contributed by atoms with Gasteiger partial charge in [0, 0.05) is 9.75 Å². The van der Waals surface area contributed by atoms with Crippen LogP contribution in [0, 0.1) is 0 Å². The van der Waals surface area contributed by atoms with Gasteiger partial charge < -0.3 is 0 Å². The van der Waals surface area contributed by atoms with E-state index in [1.54, 1.807) is 0 Å². The molecule has 2 rings (SSSR count). The van der Waals surface area contributed by atoms with Crippen LogP contribution in [0.5, 0.6) is 0 Å². The predicted octanol–water partition coefficient (Wildman–Crippen LogP) is 4.62. The van der Waals surface area contributed by atoms with E-state index in [1.165, 1.54) is 20.9 Å². The molecule has 0 bridgehead atoms. The molecule has 76 valence electrons. The van der Waals surface area contributed by atoms with Crippen LogP contribution in [0.2, 0.25) is 0 Å². The first-order valence-corrected chi connectivity index (χ1v) is 5.97. The van der Waals surface area contributed by atoms with Crippen molar-refractivity contribution >= 4 is 17.4 Å². The molecular formula is C14H14S. The van der Waals surface area contributed by atoms with Gasteiger partial charge in [0.2, 0.25) is 0 Å². The molecule has 0 saturated carbocycles. The average Bonchev–Trinajstić information content (AvgIpc) is 2.77. The summed E-state index contributed by atoms with van der Waals surface area (Å²) < 4.78 is 0. The second-order valence-electron chi connectivity index (χ2n) is 3.41. The van der Waals surface area contributed by atoms with E-state index in [0.717, 1.165) is 6.42 Å². The highest BCUT2D eigenvalue weighted by Gasteiger charge is 2.04. The van der Waals surface area contributed by atoms with Crippen molar-refractivity contribution < 1.29 is 0 Å². The molecule has 0 saturated heterocycles. The summed E-state index contributed by atoms with van der Waals surface area (Å²) in [7, 11) is 0. The molecule has 15 heavy (non-hydrogen) atoms. The number of hydrogen-bond donors (Lipinski definition) is 0. The Kier molecular flexibility index (Phi) is 3.02. The second-order valence-corrected chi connectivity index (χ2v) is 4.58. The largest absolute Gasteiger partial charge is 0.140 e. The summed E-state index contributed by atoms with van der Waals surface area (Å²) in [5, 5.41) is 0. The van der Waals surface area contributed by atoms with Crippen LogP contribution in [0.4, 0.5) is 0 Å². The lowest BCUT2D eigenvalue weighted by molar-refractivity contribution is 1.19. The predicted molar refractivity (Wildman–Crippen MR) is 69.2 cm³/mol. The van der Waals surface area contributed by atoms with Gasteiger partial charge in [0.05, 0.1) is 0 Å². The molecule has 2 aromatic rings. The Morgan fingerprint density at radius 2 is 2.00 bits per heavy atom. The summed E-state index contributed by atoms with van der Waals surface area (Å²) in [6.07, 6.45) is 3.03. The zero-order valence-electron chi connectivity index (χ0n) is 8.86. The van der Waals surface area contributed by atoms with Gasteiger partial charge in [-0.2, -0.15) is 0 Å². The topological polar surface area (TPSA) is 0 Å². The lowest BCUT2D eigenvalue weighted by atomic mass is 10.1. The normalized spacial score (nSPS) is 10.2. The molecule has 1 heterocycles. The minimum atomic E-state index is 1.11. The molecule has 0 amide bonds. The van der Waals surface area contributed by atoms with Crippen molar-refractivity contribution in [1.29, 1.82) is 0 Å². The molecule has 0 aliphatic heterocycles. The molecule has 0 N–H and O–H groups in total. The van der Waals surface area contributed by atoms with Crippen molar-refractivity contribution in [3.05, 3.63) is 53.4 Å². The summed E-state index contributed by atoms with van der Waals surface area (Å²) in [5.74, 6) is 0. The Balaban J connectivity index is 2.48. The fraction of sp³-hybridized carbons (Fsp3) is 0.143. The Hall–Kier alpha value is -1.34. The van der Waals surface area contributed by atoms with E-state index in [4.69, 9.17) is 0 Å². The van der Waals surface area contributed by atoms with Crippen LogP contribution in [-0.2, 0) is 6.42 Å². The first-order chi connectivity index (χ1) is 7.35. The highest BCUT2D eigenvalue weighted by atomic mass is 32.1. The van der Waals surface area contributed by atoms with E-state index in [1.807, 2.05) is 17.4 Å². The van der Waals surface area contributed by atoms with E-state index < -0.39 is 0 Å². The van der Waals surface area contributed by atoms with Gasteiger partial charge in [-0.15, -0.1) is 11.3 Å². The molecule has 0 radical (unpaired) electrons. The Morgan fingerprint density at radius 3 is 2.67 bits per heavy atom. The third-order valence-electron chi connectivity index (χ3n) is 2.46. The standard InChI is InChI=1S/C14H14S/c1-3-11-7-5-6-8-13(11)14-10-9-12(4-2)15-14/h3,5-10H,1,4H2,2H3. The smallest absolute Gasteiger partial charge is 0.0351 e. The molecule has 1 aromatic carbocycles. The van der Waals surface area contributed by atoms with E-state index in [2.05, 4.69) is 49.9 Å². The second kappa shape index (κ2) is 4.45. The van der Waals surface area contributed by atoms with Gasteiger partial charge >= 0.3 is 0 Å². The molecule has 0 aliphatic carbocycles. The summed E-state index contributed by atoms with van der Waals surface area (Å²) in [6, 6.07) is 12.8. The fourth-order valence-electron chi connectivity index (χ4n) is 1.61. The van der Waals surface area contributed by atoms with Crippen molar-refractivity contribution in [2.24, 2.45) is 0 Å². The fourth-order valence-corrected chi connectivity index (χ4v) is 2.61. The number of benzene rings is 1. The zero-order valence-corrected chi connectivity index (χ0v) is 9.68. The van der Waals surface area contributed by atoms with Crippen molar-refractivity contribution in [1.82, 2.24) is 0 Å². The Bertz CT molecular complexity index is 466. The third-order valence-corrected chi connectivity index (χ3v) is 3.72. The van der Waals surface area contributed by atoms with Gasteiger partial charge in [0.15, 0.2) is 0 Å². The van der Waals surface area contributed by atoms with Gasteiger partial charge in [-0.1, -0.05) is 43.8 Å². The van der Waals surface area contributed by atoms with E-state index in [9.17, 15) is 0 Å². The molecule has 0 spiro atoms. The monoisotopic (exact) mass is 214 g/mol. The van der Waals surface area contributed by atoms with Gasteiger partial charge in [-0.05, 0) is 29.7 Å². The molecule has 0 nitrogen and oxygen atoms in total. The van der Waals surface area contributed by atoms with E-state index in [0.29, 0.717) is 0 Å². The molecule has 1 aromatic heterocycles. The highest BCUT2D eigenvalue weighted by Crippen LogP contribution is 2.31. The summed E-state index contributed by atoms with van der Waals surface area (Å²) in [5.41, 5.74) is 2.50. The van der Waals surface area contributed by atoms with Gasteiger partial charge in [-0.25, -0.2) is 0 Å². The van der Waals surface area contributed by atoms with Crippen LogP contribution in [0.15, 0.2) is 43.0 Å². The lowest BCUT2D eigenvalue weighted by Gasteiger charge is -2.02. The Labute approximate surface area is 94.9 Å². The van der Waals surface area contributed by atoms with Crippen molar-refractivity contribution in [3.63, 3.8) is 0 Å². The van der Waals surface area contributed by atoms with Gasteiger partial charge in [0.25, 0.3) is 0 Å². The van der Waals surface area contributed by atoms with Crippen molar-refractivity contribution in [2.45, 2.75) is 13.3 Å². The first kappa shape index (κ1) is 10.2. The molecule has 0 atom stereocenters. The summed E-state index contributed by atoms with van der Waals surface area (Å²) in [4.78, 5) is 2.77. The van der Waals surface area contributed by atoms with Crippen molar-refractivity contribution in [2.75, 3.05) is 0 Å². The Morgan fingerprint density at radius 1 is 1.20 bits per heavy atom. The lowest BCUT2D eigenvalue weighted by Crippen LogP contribution is -1.77. The maximum absolute atomic E-state index is 3.85. The number of rotatable bonds is 3. The maximum Gasteiger partial charge on any atom is 0.0351 e. The van der Waals surface area contributed by atoms with E-state index >= 15 is 0 Å². The van der Waals surface area contributed by atoms with Crippen molar-refractivity contribution in [3.8, 4) is 10.4 Å². The van der Waals surface area contributed by atoms with Crippen LogP contribution < -0.4 is 0 Å². The molecular weight excluding hydrogens is 200 g/mol. The number of thiophene rings is 1. The minimum Gasteiger partial charge on any atom is -0.140 e. The molecule has 0 fully saturated rings. The molecule has 1 heteroatoms. The van der Waals surface area contributed by atoms with Crippen LogP contribution in [0.1, 0.15) is 17.4 Å². The zero-order chi connectivity index (χ0) is 10.7. The molecule has 0 aliphatic rings. The summed E-state index contributed by atoms with van der Waals surface area (Å²) >= 11 is 1.87. The first-order valence-electron chi connectivity index (χ1n) is 5.15. The van der Waals surface area contributed by atoms with Crippen LogP contribution in [0.3, 0.4) is 0 Å². The van der Waals surface area contributed by atoms with Crippen LogP contribution in [-0.4, -0.2) is 0 Å². The van der Waals surface area contributed by atoms with Gasteiger partial charge in [0.1, 0.15) is 0 Å². The minimum absolute atomic E-state index is 1.11. The highest BCUT2D eigenvalue weighted by molar-refractivity contribution is 7.15. The van der Waals surface area contributed by atoms with E-state index in [-0.39, 0.29) is 0 Å². The van der Waals surface area contributed by atoms with Crippen LogP contribution >= 0.6 is 11.3 Å². The average molecular weight is 214 g/mol. The maximum atomic E-state index is 3.85. The van der Waals surface area contributed by atoms with Crippen LogP contribution in [0.25, 0.3) is 16.5 Å². The number of aryl methyl sites for hydroxylation is 1. The molecule has 0 unspecified atom stereocenters. The number of hydrogen-bond acceptors (Lipinski definition) is 1. The SMILES string of the molecule is C=Cc1ccccc1-c1ccc(CC)s1. The van der Waals surface area contributed by atoms with Gasteiger partial charge in [-0.3, -0.25) is 0 Å². The quantitative estimate of drug-likeness (QED) is 0.699.